The Kier molecular flexibility index (Phi) is 1.37. The SMILES string of the molecule is [2H]c1ccc2c(n1)N(C)c1ncc([2H])c(C([2H])([2H])[2H])c1NC2=O. The van der Waals surface area contributed by atoms with Crippen molar-refractivity contribution >= 4 is 23.2 Å². The third kappa shape index (κ3) is 1.44. The van der Waals surface area contributed by atoms with Gasteiger partial charge in [0.05, 0.1) is 14.0 Å². The van der Waals surface area contributed by atoms with Crippen molar-refractivity contribution in [1.29, 1.82) is 0 Å². The molecule has 1 aliphatic rings. The Hall–Kier alpha value is -2.43. The molecule has 1 aliphatic heterocycles. The van der Waals surface area contributed by atoms with Gasteiger partial charge >= 0.3 is 0 Å². The molecule has 0 atom stereocenters. The molecular weight excluding hydrogens is 228 g/mol. The van der Waals surface area contributed by atoms with E-state index in [1.54, 1.807) is 7.05 Å². The first-order valence-electron chi connectivity index (χ1n) is 7.73. The van der Waals surface area contributed by atoms with Crippen molar-refractivity contribution in [2.24, 2.45) is 0 Å². The molecule has 0 bridgehead atoms. The summed E-state index contributed by atoms with van der Waals surface area (Å²) in [6.45, 7) is -2.58. The van der Waals surface area contributed by atoms with E-state index in [4.69, 9.17) is 6.85 Å². The van der Waals surface area contributed by atoms with Crippen molar-refractivity contribution in [2.45, 2.75) is 6.85 Å². The van der Waals surface area contributed by atoms with Crippen LogP contribution in [0.4, 0.5) is 17.3 Å². The Balaban J connectivity index is 2.31. The smallest absolute Gasteiger partial charge is 0.259 e. The average Bonchev–Trinajstić information content (AvgIpc) is 2.53. The topological polar surface area (TPSA) is 58.1 Å². The number of hydrogen-bond donors (Lipinski definition) is 1. The van der Waals surface area contributed by atoms with Crippen LogP contribution in [0, 0.1) is 6.85 Å². The highest BCUT2D eigenvalue weighted by molar-refractivity contribution is 6.11. The van der Waals surface area contributed by atoms with Gasteiger partial charge in [-0.15, -0.1) is 0 Å². The zero-order valence-corrected chi connectivity index (χ0v) is 9.48. The van der Waals surface area contributed by atoms with Gasteiger partial charge in [-0.3, -0.25) is 4.79 Å². The molecule has 0 radical (unpaired) electrons. The molecule has 0 unspecified atom stereocenters. The Morgan fingerprint density at radius 2 is 2.33 bits per heavy atom. The number of anilines is 3. The molecule has 5 heteroatoms. The molecule has 18 heavy (non-hydrogen) atoms. The molecule has 0 fully saturated rings. The fourth-order valence-corrected chi connectivity index (χ4v) is 1.85. The summed E-state index contributed by atoms with van der Waals surface area (Å²) in [5.41, 5.74) is -0.111. The van der Waals surface area contributed by atoms with Crippen LogP contribution in [0.25, 0.3) is 0 Å². The van der Waals surface area contributed by atoms with Crippen LogP contribution in [0.3, 0.4) is 0 Å². The zero-order chi connectivity index (χ0) is 16.9. The molecule has 1 N–H and O–H groups in total. The molecule has 0 aliphatic carbocycles. The zero-order valence-electron chi connectivity index (χ0n) is 14.5. The van der Waals surface area contributed by atoms with Gasteiger partial charge in [-0.1, -0.05) is 0 Å². The molecule has 2 aromatic heterocycles. The van der Waals surface area contributed by atoms with Crippen molar-refractivity contribution < 1.29 is 11.6 Å². The molecule has 3 rings (SSSR count). The Bertz CT molecular complexity index is 821. The van der Waals surface area contributed by atoms with E-state index < -0.39 is 12.8 Å². The lowest BCUT2D eigenvalue weighted by Crippen LogP contribution is -2.14. The second-order valence-electron chi connectivity index (χ2n) is 3.80. The number of nitrogens with one attached hydrogen (secondary N) is 1. The predicted octanol–water partition coefficient (Wildman–Crippen LogP) is 2.12. The summed E-state index contributed by atoms with van der Waals surface area (Å²) in [5, 5.41) is 2.52. The van der Waals surface area contributed by atoms with E-state index >= 15 is 0 Å². The fourth-order valence-electron chi connectivity index (χ4n) is 1.85. The molecule has 2 aromatic rings. The molecule has 0 aromatic carbocycles. The molecular formula is C13H12N4O. The lowest BCUT2D eigenvalue weighted by Gasteiger charge is -2.18. The lowest BCUT2D eigenvalue weighted by atomic mass is 10.2. The first kappa shape index (κ1) is 6.49. The van der Waals surface area contributed by atoms with Crippen LogP contribution >= 0.6 is 0 Å². The summed E-state index contributed by atoms with van der Waals surface area (Å²) in [4.78, 5) is 21.9. The highest BCUT2D eigenvalue weighted by Crippen LogP contribution is 2.35. The highest BCUT2D eigenvalue weighted by Gasteiger charge is 2.25. The number of nitrogens with zero attached hydrogens (tertiary/aromatic N) is 3. The standard InChI is InChI=1S/C13H12N4O/c1-8-5-7-15-12-10(8)16-13(18)9-4-3-6-14-11(9)17(12)2/h3-7H,1-2H3,(H,16,18)/i1D3,5D,6D. The Morgan fingerprint density at radius 1 is 1.44 bits per heavy atom. The Morgan fingerprint density at radius 3 is 3.17 bits per heavy atom. The van der Waals surface area contributed by atoms with Gasteiger partial charge in [0.25, 0.3) is 5.91 Å². The minimum Gasteiger partial charge on any atom is -0.318 e. The molecule has 0 saturated heterocycles. The average molecular weight is 245 g/mol. The van der Waals surface area contributed by atoms with Crippen LogP contribution in [0.2, 0.25) is 0 Å². The van der Waals surface area contributed by atoms with Gasteiger partial charge in [-0.25, -0.2) is 9.97 Å². The van der Waals surface area contributed by atoms with Crippen LogP contribution in [-0.4, -0.2) is 22.9 Å². The summed E-state index contributed by atoms with van der Waals surface area (Å²) < 4.78 is 38.3. The third-order valence-corrected chi connectivity index (χ3v) is 2.72. The van der Waals surface area contributed by atoms with E-state index in [1.807, 2.05) is 0 Å². The lowest BCUT2D eigenvalue weighted by molar-refractivity contribution is 0.102. The maximum atomic E-state index is 12.4. The van der Waals surface area contributed by atoms with E-state index in [2.05, 4.69) is 15.3 Å². The van der Waals surface area contributed by atoms with Gasteiger partial charge in [-0.05, 0) is 30.6 Å². The molecule has 1 amide bonds. The third-order valence-electron chi connectivity index (χ3n) is 2.72. The van der Waals surface area contributed by atoms with Crippen molar-refractivity contribution in [2.75, 3.05) is 17.3 Å². The number of carbonyl (C=O) groups excluding carboxylic acids is 1. The van der Waals surface area contributed by atoms with Crippen molar-refractivity contribution in [3.63, 3.8) is 0 Å². The maximum absolute atomic E-state index is 12.4. The first-order chi connectivity index (χ1) is 10.7. The molecule has 0 spiro atoms. The van der Waals surface area contributed by atoms with Crippen molar-refractivity contribution in [3.8, 4) is 0 Å². The van der Waals surface area contributed by atoms with Gasteiger partial charge in [-0.2, -0.15) is 0 Å². The fraction of sp³-hybridized carbons (Fsp3) is 0.154. The quantitative estimate of drug-likeness (QED) is 0.772. The summed E-state index contributed by atoms with van der Waals surface area (Å²) in [7, 11) is 1.57. The monoisotopic (exact) mass is 245 g/mol. The number of carbonyl (C=O) groups is 1. The van der Waals surface area contributed by atoms with E-state index in [9.17, 15) is 4.79 Å². The van der Waals surface area contributed by atoms with Crippen LogP contribution in [-0.2, 0) is 0 Å². The van der Waals surface area contributed by atoms with Gasteiger partial charge in [0, 0.05) is 23.5 Å². The van der Waals surface area contributed by atoms with Gasteiger partial charge in [0.15, 0.2) is 5.82 Å². The second kappa shape index (κ2) is 3.80. The van der Waals surface area contributed by atoms with Gasteiger partial charge in [0.1, 0.15) is 5.82 Å². The normalized spacial score (nSPS) is 18.2. The van der Waals surface area contributed by atoms with Crippen molar-refractivity contribution in [1.82, 2.24) is 9.97 Å². The summed E-state index contributed by atoms with van der Waals surface area (Å²) >= 11 is 0. The Labute approximate surface area is 112 Å². The molecule has 5 nitrogen and oxygen atoms in total. The molecule has 3 heterocycles. The van der Waals surface area contributed by atoms with Gasteiger partial charge in [0.2, 0.25) is 0 Å². The van der Waals surface area contributed by atoms with E-state index in [0.717, 1.165) is 6.20 Å². The maximum Gasteiger partial charge on any atom is 0.259 e. The number of amides is 1. The summed E-state index contributed by atoms with van der Waals surface area (Å²) in [5.74, 6) is -0.191. The minimum atomic E-state index is -2.58. The van der Waals surface area contributed by atoms with E-state index in [0.29, 0.717) is 0 Å². The number of rotatable bonds is 0. The molecule has 0 saturated carbocycles. The summed E-state index contributed by atoms with van der Waals surface area (Å²) in [6.07, 6.45) is 1.10. The highest BCUT2D eigenvalue weighted by atomic mass is 16.1. The summed E-state index contributed by atoms with van der Waals surface area (Å²) in [6, 6.07) is 2.53. The van der Waals surface area contributed by atoms with Crippen LogP contribution in [0.1, 0.15) is 22.8 Å². The van der Waals surface area contributed by atoms with E-state index in [-0.39, 0.29) is 40.7 Å². The van der Waals surface area contributed by atoms with Crippen molar-refractivity contribution in [3.05, 3.63) is 41.7 Å². The number of hydrogen-bond acceptors (Lipinski definition) is 4. The second-order valence-corrected chi connectivity index (χ2v) is 3.80. The molecule has 90 valence electrons. The minimum absolute atomic E-state index is 0.0278. The van der Waals surface area contributed by atoms with Crippen LogP contribution < -0.4 is 10.2 Å². The van der Waals surface area contributed by atoms with Gasteiger partial charge < -0.3 is 10.2 Å². The van der Waals surface area contributed by atoms with Crippen LogP contribution in [0.15, 0.2) is 30.5 Å². The largest absolute Gasteiger partial charge is 0.318 e. The number of pyridine rings is 2. The number of aromatic nitrogens is 2. The van der Waals surface area contributed by atoms with E-state index in [1.165, 1.54) is 17.0 Å². The first-order valence-corrected chi connectivity index (χ1v) is 5.23. The van der Waals surface area contributed by atoms with Crippen LogP contribution in [0.5, 0.6) is 0 Å². The predicted molar refractivity (Wildman–Crippen MR) is 69.2 cm³/mol. The number of fused-ring (bicyclic) bond motifs is 2.